The van der Waals surface area contributed by atoms with Crippen molar-refractivity contribution >= 4 is 11.9 Å². The van der Waals surface area contributed by atoms with E-state index in [1.165, 1.54) is 38.5 Å². The quantitative estimate of drug-likeness (QED) is 0.181. The van der Waals surface area contributed by atoms with Gasteiger partial charge in [0, 0.05) is 18.8 Å². The van der Waals surface area contributed by atoms with E-state index < -0.39 is 12.1 Å². The van der Waals surface area contributed by atoms with Gasteiger partial charge in [-0.3, -0.25) is 4.79 Å². The van der Waals surface area contributed by atoms with Crippen molar-refractivity contribution in [3.8, 4) is 0 Å². The van der Waals surface area contributed by atoms with Gasteiger partial charge in [-0.25, -0.2) is 0 Å². The third kappa shape index (κ3) is 17.5. The lowest BCUT2D eigenvalue weighted by Crippen LogP contribution is -2.45. The average molecular weight is 370 g/mol. The van der Waals surface area contributed by atoms with Gasteiger partial charge in [0.1, 0.15) is 6.54 Å². The van der Waals surface area contributed by atoms with E-state index in [-0.39, 0.29) is 12.4 Å². The maximum absolute atomic E-state index is 11.9. The topological polar surface area (TPSA) is 66.4 Å². The highest BCUT2D eigenvalue weighted by atomic mass is 16.5. The highest BCUT2D eigenvalue weighted by Gasteiger charge is 2.22. The number of carbonyl (C=O) groups excluding carboxylic acids is 2. The van der Waals surface area contributed by atoms with Gasteiger partial charge in [-0.15, -0.1) is 0 Å². The zero-order valence-electron chi connectivity index (χ0n) is 17.3. The van der Waals surface area contributed by atoms with Crippen LogP contribution in [-0.2, 0) is 14.3 Å². The van der Waals surface area contributed by atoms with Crippen molar-refractivity contribution in [2.75, 3.05) is 27.7 Å². The van der Waals surface area contributed by atoms with E-state index in [2.05, 4.69) is 19.1 Å². The first-order chi connectivity index (χ1) is 12.2. The molecule has 5 heteroatoms. The van der Waals surface area contributed by atoms with Crippen LogP contribution in [0.1, 0.15) is 77.6 Å². The maximum Gasteiger partial charge on any atom is 0.306 e. The smallest absolute Gasteiger partial charge is 0.306 e. The van der Waals surface area contributed by atoms with Crippen molar-refractivity contribution < 1.29 is 23.9 Å². The molecule has 1 atom stereocenters. The van der Waals surface area contributed by atoms with Crippen molar-refractivity contribution in [1.29, 1.82) is 0 Å². The predicted octanol–water partition coefficient (Wildman–Crippen LogP) is 3.22. The molecule has 0 aliphatic rings. The first-order valence-corrected chi connectivity index (χ1v) is 10.1. The summed E-state index contributed by atoms with van der Waals surface area (Å²) in [7, 11) is 5.81. The molecule has 0 saturated heterocycles. The third-order valence-corrected chi connectivity index (χ3v) is 4.09. The Kier molecular flexibility index (Phi) is 14.0. The number of nitrogens with zero attached hydrogens (tertiary/aromatic N) is 1. The number of carboxylic acids is 1. The summed E-state index contributed by atoms with van der Waals surface area (Å²) in [4.78, 5) is 22.7. The zero-order chi connectivity index (χ0) is 19.8. The number of esters is 1. The van der Waals surface area contributed by atoms with Crippen LogP contribution >= 0.6 is 0 Å². The Balaban J connectivity index is 3.85. The van der Waals surface area contributed by atoms with Crippen LogP contribution in [-0.4, -0.2) is 50.2 Å². The van der Waals surface area contributed by atoms with Crippen molar-refractivity contribution in [3.63, 3.8) is 0 Å². The molecule has 0 aliphatic heterocycles. The molecule has 5 nitrogen and oxygen atoms in total. The summed E-state index contributed by atoms with van der Waals surface area (Å²) in [6.07, 6.45) is 14.3. The highest BCUT2D eigenvalue weighted by molar-refractivity contribution is 5.70. The Hall–Kier alpha value is -1.36. The number of hydrogen-bond donors (Lipinski definition) is 0. The molecule has 0 spiro atoms. The molecule has 0 radical (unpaired) electrons. The molecule has 0 saturated carbocycles. The molecule has 0 aromatic heterocycles. The first kappa shape index (κ1) is 24.6. The van der Waals surface area contributed by atoms with E-state index >= 15 is 0 Å². The molecular weight excluding hydrogens is 330 g/mol. The van der Waals surface area contributed by atoms with Crippen LogP contribution in [0.5, 0.6) is 0 Å². The Morgan fingerprint density at radius 1 is 0.962 bits per heavy atom. The van der Waals surface area contributed by atoms with Gasteiger partial charge >= 0.3 is 5.97 Å². The summed E-state index contributed by atoms with van der Waals surface area (Å²) < 4.78 is 5.86. The fourth-order valence-electron chi connectivity index (χ4n) is 2.83. The summed E-state index contributed by atoms with van der Waals surface area (Å²) in [6.45, 7) is 2.68. The number of allylic oxidation sites excluding steroid dienone is 2. The Morgan fingerprint density at radius 2 is 1.54 bits per heavy atom. The van der Waals surface area contributed by atoms with E-state index in [9.17, 15) is 14.7 Å². The molecular formula is C21H39NO4. The number of quaternary nitrogens is 1. The number of hydrogen-bond acceptors (Lipinski definition) is 4. The number of rotatable bonds is 16. The summed E-state index contributed by atoms with van der Waals surface area (Å²) in [5, 5.41) is 10.8. The average Bonchev–Trinajstić information content (AvgIpc) is 2.50. The van der Waals surface area contributed by atoms with Crippen LogP contribution in [0.2, 0.25) is 0 Å². The van der Waals surface area contributed by atoms with Gasteiger partial charge in [-0.05, 0) is 25.7 Å². The number of aliphatic carboxylic acids is 1. The van der Waals surface area contributed by atoms with Gasteiger partial charge in [0.05, 0.1) is 21.1 Å². The van der Waals surface area contributed by atoms with Crippen LogP contribution in [0, 0.1) is 0 Å². The lowest BCUT2D eigenvalue weighted by molar-refractivity contribution is -0.873. The second-order valence-corrected chi connectivity index (χ2v) is 8.08. The van der Waals surface area contributed by atoms with Crippen LogP contribution in [0.15, 0.2) is 12.2 Å². The minimum Gasteiger partial charge on any atom is -0.550 e. The van der Waals surface area contributed by atoms with Crippen molar-refractivity contribution in [1.82, 2.24) is 0 Å². The predicted molar refractivity (Wildman–Crippen MR) is 103 cm³/mol. The second kappa shape index (κ2) is 14.8. The van der Waals surface area contributed by atoms with Crippen molar-refractivity contribution in [2.24, 2.45) is 0 Å². The largest absolute Gasteiger partial charge is 0.550 e. The number of unbranched alkanes of at least 4 members (excludes halogenated alkanes) is 7. The molecule has 0 aromatic rings. The molecule has 26 heavy (non-hydrogen) atoms. The molecule has 0 fully saturated rings. The van der Waals surface area contributed by atoms with Gasteiger partial charge in [-0.2, -0.15) is 0 Å². The monoisotopic (exact) mass is 369 g/mol. The second-order valence-electron chi connectivity index (χ2n) is 8.08. The number of carbonyl (C=O) groups is 2. The Morgan fingerprint density at radius 3 is 2.12 bits per heavy atom. The lowest BCUT2D eigenvalue weighted by atomic mass is 10.1. The molecule has 0 N–H and O–H groups in total. The van der Waals surface area contributed by atoms with E-state index in [1.807, 2.05) is 21.1 Å². The van der Waals surface area contributed by atoms with Gasteiger partial charge in [0.2, 0.25) is 0 Å². The number of ether oxygens (including phenoxy) is 1. The normalized spacial score (nSPS) is 13.1. The van der Waals surface area contributed by atoms with Gasteiger partial charge in [-0.1, -0.05) is 51.2 Å². The fraction of sp³-hybridized carbons (Fsp3) is 0.810. The van der Waals surface area contributed by atoms with E-state index in [0.29, 0.717) is 17.4 Å². The number of carboxylic acid groups (broad SMARTS) is 1. The van der Waals surface area contributed by atoms with Crippen molar-refractivity contribution in [2.45, 2.75) is 83.7 Å². The van der Waals surface area contributed by atoms with Gasteiger partial charge in [0.25, 0.3) is 0 Å². The zero-order valence-corrected chi connectivity index (χ0v) is 17.3. The minimum atomic E-state index is -1.19. The summed E-state index contributed by atoms with van der Waals surface area (Å²) in [6, 6.07) is 0. The number of likely N-dealkylation sites (N-methyl/N-ethyl adjacent to an activating group) is 1. The van der Waals surface area contributed by atoms with Gasteiger partial charge < -0.3 is 19.1 Å². The Bertz CT molecular complexity index is 413. The fourth-order valence-corrected chi connectivity index (χ4v) is 2.83. The van der Waals surface area contributed by atoms with E-state index in [4.69, 9.17) is 4.74 Å². The lowest BCUT2D eigenvalue weighted by Gasteiger charge is -2.29. The van der Waals surface area contributed by atoms with E-state index in [0.717, 1.165) is 19.3 Å². The molecule has 1 unspecified atom stereocenters. The summed E-state index contributed by atoms with van der Waals surface area (Å²) in [5.74, 6) is -1.51. The molecule has 152 valence electrons. The van der Waals surface area contributed by atoms with Crippen LogP contribution in [0.3, 0.4) is 0 Å². The molecule has 0 bridgehead atoms. The molecule has 0 aromatic carbocycles. The SMILES string of the molecule is CCCCCCCCC=CCCCC(=O)OC(CC(=O)[O-])C[N+](C)(C)C. The van der Waals surface area contributed by atoms with Crippen molar-refractivity contribution in [3.05, 3.63) is 12.2 Å². The highest BCUT2D eigenvalue weighted by Crippen LogP contribution is 2.09. The summed E-state index contributed by atoms with van der Waals surface area (Å²) in [5.41, 5.74) is 0. The molecule has 0 rings (SSSR count). The first-order valence-electron chi connectivity index (χ1n) is 10.1. The molecule has 0 amide bonds. The van der Waals surface area contributed by atoms with E-state index in [1.54, 1.807) is 0 Å². The van der Waals surface area contributed by atoms with Gasteiger partial charge in [0.15, 0.2) is 6.10 Å². The van der Waals surface area contributed by atoms with Crippen LogP contribution in [0.4, 0.5) is 0 Å². The third-order valence-electron chi connectivity index (χ3n) is 4.09. The van der Waals surface area contributed by atoms with Crippen LogP contribution in [0.25, 0.3) is 0 Å². The molecule has 0 heterocycles. The standard InChI is InChI=1S/C21H39NO4/c1-5-6-7-8-9-10-11-12-13-14-15-16-21(25)26-19(17-20(23)24)18-22(2,3)4/h12-13,19H,5-11,14-18H2,1-4H3. The van der Waals surface area contributed by atoms with Crippen LogP contribution < -0.4 is 5.11 Å². The molecule has 0 aliphatic carbocycles. The maximum atomic E-state index is 11.9. The summed E-state index contributed by atoms with van der Waals surface area (Å²) >= 11 is 0. The minimum absolute atomic E-state index is 0.251. The Labute approximate surface area is 160 Å².